The minimum absolute atomic E-state index is 0. The zero-order valence-electron chi connectivity index (χ0n) is 14.4. The van der Waals surface area contributed by atoms with Gasteiger partial charge in [0.2, 0.25) is 5.75 Å². The van der Waals surface area contributed by atoms with Crippen LogP contribution >= 0.6 is 23.7 Å². The number of nitrogen functional groups attached to an aromatic ring is 1. The van der Waals surface area contributed by atoms with E-state index in [4.69, 9.17) is 19.9 Å². The molecule has 25 heavy (non-hydrogen) atoms. The molecule has 0 bridgehead atoms. The van der Waals surface area contributed by atoms with Crippen LogP contribution in [0.4, 0.5) is 5.13 Å². The molecule has 2 N–H and O–H groups in total. The molecule has 0 unspecified atom stereocenters. The molecule has 1 aromatic heterocycles. The lowest BCUT2D eigenvalue weighted by Gasteiger charge is -2.32. The van der Waals surface area contributed by atoms with Crippen LogP contribution in [0.3, 0.4) is 0 Å². The van der Waals surface area contributed by atoms with E-state index in [1.165, 1.54) is 4.88 Å². The van der Waals surface area contributed by atoms with Crippen LogP contribution in [0.15, 0.2) is 24.4 Å². The number of methoxy groups -OCH3 is 2. The van der Waals surface area contributed by atoms with Crippen LogP contribution in [0, 0.1) is 0 Å². The molecule has 0 aliphatic carbocycles. The van der Waals surface area contributed by atoms with E-state index in [2.05, 4.69) is 9.88 Å². The molecule has 1 aromatic carbocycles. The summed E-state index contributed by atoms with van der Waals surface area (Å²) < 4.78 is 17.0. The number of benzene rings is 1. The van der Waals surface area contributed by atoms with Gasteiger partial charge < -0.3 is 19.9 Å². The largest absolute Gasteiger partial charge is 0.493 e. The van der Waals surface area contributed by atoms with Crippen LogP contribution in [-0.2, 0) is 6.54 Å². The first kappa shape index (κ1) is 19.6. The van der Waals surface area contributed by atoms with Crippen molar-refractivity contribution >= 4 is 28.9 Å². The molecule has 1 fully saturated rings. The summed E-state index contributed by atoms with van der Waals surface area (Å²) in [6.07, 6.45) is 3.96. The fourth-order valence-electron chi connectivity index (χ4n) is 2.90. The van der Waals surface area contributed by atoms with Crippen LogP contribution in [0.25, 0.3) is 0 Å². The molecule has 0 radical (unpaired) electrons. The second-order valence-electron chi connectivity index (χ2n) is 5.75. The number of ether oxygens (including phenoxy) is 3. The van der Waals surface area contributed by atoms with Crippen LogP contribution < -0.4 is 19.9 Å². The number of nitrogens with two attached hydrogens (primary N) is 1. The van der Waals surface area contributed by atoms with Gasteiger partial charge in [-0.05, 0) is 25.0 Å². The average molecular weight is 386 g/mol. The SMILES string of the molecule is COc1cccc(OC)c1OC1CCN(Cc2cnc(N)s2)CC1.Cl. The highest BCUT2D eigenvalue weighted by Gasteiger charge is 2.23. The van der Waals surface area contributed by atoms with Gasteiger partial charge in [-0.25, -0.2) is 4.98 Å². The van der Waals surface area contributed by atoms with Crippen molar-refractivity contribution in [3.05, 3.63) is 29.3 Å². The fourth-order valence-corrected chi connectivity index (χ4v) is 3.63. The first-order valence-electron chi connectivity index (χ1n) is 7.99. The molecule has 0 saturated carbocycles. The minimum atomic E-state index is 0. The molecule has 2 aromatic rings. The molecule has 8 heteroatoms. The van der Waals surface area contributed by atoms with Gasteiger partial charge in [0.15, 0.2) is 16.6 Å². The fraction of sp³-hybridized carbons (Fsp3) is 0.471. The van der Waals surface area contributed by atoms with Gasteiger partial charge in [0.1, 0.15) is 6.10 Å². The Morgan fingerprint density at radius 3 is 2.36 bits per heavy atom. The molecule has 0 spiro atoms. The highest BCUT2D eigenvalue weighted by molar-refractivity contribution is 7.15. The van der Waals surface area contributed by atoms with Gasteiger partial charge in [-0.15, -0.1) is 23.7 Å². The van der Waals surface area contributed by atoms with Crippen LogP contribution in [0.1, 0.15) is 17.7 Å². The third kappa shape index (κ3) is 4.90. The third-order valence-corrected chi connectivity index (χ3v) is 4.96. The van der Waals surface area contributed by atoms with Crippen molar-refractivity contribution in [2.75, 3.05) is 33.0 Å². The number of hydrogen-bond acceptors (Lipinski definition) is 7. The van der Waals surface area contributed by atoms with Crippen molar-refractivity contribution in [2.24, 2.45) is 0 Å². The van der Waals surface area contributed by atoms with Gasteiger partial charge in [0.25, 0.3) is 0 Å². The van der Waals surface area contributed by atoms with Crippen molar-refractivity contribution in [1.29, 1.82) is 0 Å². The Hall–Kier alpha value is -1.70. The maximum absolute atomic E-state index is 6.20. The molecule has 0 amide bonds. The third-order valence-electron chi connectivity index (χ3n) is 4.15. The molecule has 0 atom stereocenters. The second-order valence-corrected chi connectivity index (χ2v) is 6.90. The standard InChI is InChI=1S/C17H23N3O3S.ClH/c1-21-14-4-3-5-15(22-2)16(14)23-12-6-8-20(9-7-12)11-13-10-19-17(18)24-13;/h3-5,10,12H,6-9,11H2,1-2H3,(H2,18,19);1H. The lowest BCUT2D eigenvalue weighted by atomic mass is 10.1. The van der Waals surface area contributed by atoms with Crippen molar-refractivity contribution < 1.29 is 14.2 Å². The van der Waals surface area contributed by atoms with E-state index in [9.17, 15) is 0 Å². The van der Waals surface area contributed by atoms with Crippen molar-refractivity contribution in [3.8, 4) is 17.2 Å². The number of aromatic nitrogens is 1. The maximum Gasteiger partial charge on any atom is 0.203 e. The summed E-state index contributed by atoms with van der Waals surface area (Å²) in [7, 11) is 3.29. The van der Waals surface area contributed by atoms with E-state index >= 15 is 0 Å². The molecule has 2 heterocycles. The van der Waals surface area contributed by atoms with Gasteiger partial charge in [-0.2, -0.15) is 0 Å². The predicted molar refractivity (Wildman–Crippen MR) is 102 cm³/mol. The molecular weight excluding hydrogens is 362 g/mol. The van der Waals surface area contributed by atoms with Crippen molar-refractivity contribution in [2.45, 2.75) is 25.5 Å². The van der Waals surface area contributed by atoms with E-state index in [0.717, 1.165) is 32.5 Å². The number of thiazole rings is 1. The van der Waals surface area contributed by atoms with Gasteiger partial charge in [-0.3, -0.25) is 4.90 Å². The van der Waals surface area contributed by atoms with E-state index in [1.807, 2.05) is 24.4 Å². The van der Waals surface area contributed by atoms with Crippen LogP contribution in [-0.4, -0.2) is 43.3 Å². The van der Waals surface area contributed by atoms with E-state index in [1.54, 1.807) is 25.6 Å². The van der Waals surface area contributed by atoms with Gasteiger partial charge in [-0.1, -0.05) is 6.07 Å². The Bertz CT molecular complexity index is 653. The molecule has 6 nitrogen and oxygen atoms in total. The number of rotatable bonds is 6. The van der Waals surface area contributed by atoms with E-state index in [-0.39, 0.29) is 18.5 Å². The Kier molecular flexibility index (Phi) is 7.16. The number of halogens is 1. The normalized spacial score (nSPS) is 15.4. The lowest BCUT2D eigenvalue weighted by molar-refractivity contribution is 0.0922. The number of nitrogens with zero attached hydrogens (tertiary/aromatic N) is 2. The summed E-state index contributed by atoms with van der Waals surface area (Å²) in [6.45, 7) is 2.87. The number of piperidine rings is 1. The van der Waals surface area contributed by atoms with E-state index < -0.39 is 0 Å². The molecule has 1 aliphatic rings. The quantitative estimate of drug-likeness (QED) is 0.823. The number of para-hydroxylation sites is 1. The monoisotopic (exact) mass is 385 g/mol. The van der Waals surface area contributed by atoms with E-state index in [0.29, 0.717) is 22.4 Å². The molecule has 1 saturated heterocycles. The van der Waals surface area contributed by atoms with Crippen LogP contribution in [0.5, 0.6) is 17.2 Å². The Morgan fingerprint density at radius 2 is 1.84 bits per heavy atom. The summed E-state index contributed by atoms with van der Waals surface area (Å²) in [4.78, 5) is 7.72. The predicted octanol–water partition coefficient (Wildman–Crippen LogP) is 3.21. The molecule has 3 rings (SSSR count). The van der Waals surface area contributed by atoms with Gasteiger partial charge >= 0.3 is 0 Å². The second kappa shape index (κ2) is 9.12. The summed E-state index contributed by atoms with van der Waals surface area (Å²) in [6, 6.07) is 5.68. The number of likely N-dealkylation sites (tertiary alicyclic amines) is 1. The van der Waals surface area contributed by atoms with Crippen molar-refractivity contribution in [1.82, 2.24) is 9.88 Å². The first-order valence-corrected chi connectivity index (χ1v) is 8.81. The Balaban J connectivity index is 0.00000225. The summed E-state index contributed by atoms with van der Waals surface area (Å²) in [5.74, 6) is 2.10. The highest BCUT2D eigenvalue weighted by atomic mass is 35.5. The summed E-state index contributed by atoms with van der Waals surface area (Å²) in [5, 5.41) is 0.631. The highest BCUT2D eigenvalue weighted by Crippen LogP contribution is 2.38. The zero-order chi connectivity index (χ0) is 16.9. The Morgan fingerprint density at radius 1 is 1.20 bits per heavy atom. The molecular formula is C17H24ClN3O3S. The molecule has 1 aliphatic heterocycles. The summed E-state index contributed by atoms with van der Waals surface area (Å²) in [5.41, 5.74) is 5.69. The number of anilines is 1. The van der Waals surface area contributed by atoms with Gasteiger partial charge in [0, 0.05) is 30.7 Å². The molecule has 138 valence electrons. The smallest absolute Gasteiger partial charge is 0.203 e. The Labute approximate surface area is 158 Å². The maximum atomic E-state index is 6.20. The first-order chi connectivity index (χ1) is 11.7. The topological polar surface area (TPSA) is 69.8 Å². The van der Waals surface area contributed by atoms with Crippen molar-refractivity contribution in [3.63, 3.8) is 0 Å². The number of hydrogen-bond donors (Lipinski definition) is 1. The van der Waals surface area contributed by atoms with Gasteiger partial charge in [0.05, 0.1) is 14.2 Å². The average Bonchev–Trinajstić information content (AvgIpc) is 3.01. The zero-order valence-corrected chi connectivity index (χ0v) is 16.1. The minimum Gasteiger partial charge on any atom is -0.493 e. The summed E-state index contributed by atoms with van der Waals surface area (Å²) >= 11 is 1.56. The lowest BCUT2D eigenvalue weighted by Crippen LogP contribution is -2.37. The van der Waals surface area contributed by atoms with Crippen LogP contribution in [0.2, 0.25) is 0 Å².